The smallest absolute Gasteiger partial charge is 0.203 e. The average Bonchev–Trinajstić information content (AvgIpc) is 3.01. The molecule has 0 saturated carbocycles. The van der Waals surface area contributed by atoms with Crippen LogP contribution < -0.4 is 37.9 Å². The van der Waals surface area contributed by atoms with Gasteiger partial charge in [0.2, 0.25) is 11.5 Å². The van der Waals surface area contributed by atoms with E-state index in [1.807, 2.05) is 36.4 Å². The van der Waals surface area contributed by atoms with E-state index in [-0.39, 0.29) is 5.78 Å². The van der Waals surface area contributed by atoms with Crippen LogP contribution in [0.25, 0.3) is 12.2 Å². The highest BCUT2D eigenvalue weighted by Crippen LogP contribution is 2.40. The quantitative estimate of drug-likeness (QED) is 0.135. The van der Waals surface area contributed by atoms with Gasteiger partial charge in [0.15, 0.2) is 40.3 Å². The zero-order valence-electron chi connectivity index (χ0n) is 24.7. The summed E-state index contributed by atoms with van der Waals surface area (Å²) in [6, 6.07) is 10.7. The molecule has 0 unspecified atom stereocenters. The molecule has 0 aliphatic carbocycles. The summed E-state index contributed by atoms with van der Waals surface area (Å²) in [6.07, 6.45) is 7.56. The molecule has 0 aromatic heterocycles. The van der Waals surface area contributed by atoms with E-state index >= 15 is 0 Å². The number of hydrogen-bond donors (Lipinski definition) is 0. The lowest BCUT2D eigenvalue weighted by molar-refractivity contribution is 0.104. The first kappa shape index (κ1) is 30.7. The first-order valence-electron chi connectivity index (χ1n) is 12.6. The van der Waals surface area contributed by atoms with E-state index in [4.69, 9.17) is 37.9 Å². The van der Waals surface area contributed by atoms with E-state index in [0.717, 1.165) is 16.7 Å². The van der Waals surface area contributed by atoms with Crippen LogP contribution in [0.1, 0.15) is 27.0 Å². The predicted molar refractivity (Wildman–Crippen MR) is 158 cm³/mol. The van der Waals surface area contributed by atoms with Crippen molar-refractivity contribution in [1.82, 2.24) is 0 Å². The number of ketones is 1. The van der Waals surface area contributed by atoms with Crippen LogP contribution in [0.15, 0.2) is 48.6 Å². The molecule has 0 aliphatic heterocycles. The Morgan fingerprint density at radius 1 is 0.585 bits per heavy atom. The number of benzene rings is 3. The lowest BCUT2D eigenvalue weighted by Crippen LogP contribution is -2.01. The fraction of sp³-hybridized carbons (Fsp3) is 0.281. The third kappa shape index (κ3) is 6.87. The summed E-state index contributed by atoms with van der Waals surface area (Å²) in [7, 11) is 12.4. The zero-order valence-corrected chi connectivity index (χ0v) is 24.7. The van der Waals surface area contributed by atoms with E-state index in [0.29, 0.717) is 58.0 Å². The van der Waals surface area contributed by atoms with E-state index in [2.05, 4.69) is 0 Å². The number of methoxy groups -OCH3 is 8. The molecule has 9 nitrogen and oxygen atoms in total. The molecular formula is C32H36O9. The molecule has 0 aliphatic rings. The Hall–Kier alpha value is -4.79. The Morgan fingerprint density at radius 3 is 1.54 bits per heavy atom. The molecule has 0 spiro atoms. The maximum absolute atomic E-state index is 13.1. The van der Waals surface area contributed by atoms with Gasteiger partial charge in [0.25, 0.3) is 0 Å². The highest BCUT2D eigenvalue weighted by molar-refractivity contribution is 6.05. The molecule has 0 atom stereocenters. The Labute approximate surface area is 240 Å². The molecule has 41 heavy (non-hydrogen) atoms. The minimum Gasteiger partial charge on any atom is -0.493 e. The monoisotopic (exact) mass is 564 g/mol. The minimum absolute atomic E-state index is 0.222. The molecule has 0 N–H and O–H groups in total. The maximum Gasteiger partial charge on any atom is 0.203 e. The van der Waals surface area contributed by atoms with E-state index in [1.54, 1.807) is 53.8 Å². The number of rotatable bonds is 14. The minimum atomic E-state index is -0.222. The van der Waals surface area contributed by atoms with Crippen LogP contribution in [-0.4, -0.2) is 62.7 Å². The topological polar surface area (TPSA) is 90.9 Å². The van der Waals surface area contributed by atoms with Gasteiger partial charge in [-0.15, -0.1) is 0 Å². The van der Waals surface area contributed by atoms with Crippen molar-refractivity contribution in [2.24, 2.45) is 0 Å². The zero-order chi connectivity index (χ0) is 29.9. The molecule has 9 heteroatoms. The normalized spacial score (nSPS) is 10.9. The maximum atomic E-state index is 13.1. The highest BCUT2D eigenvalue weighted by Gasteiger charge is 2.17. The number of hydrogen-bond acceptors (Lipinski definition) is 9. The van der Waals surface area contributed by atoms with Crippen LogP contribution >= 0.6 is 0 Å². The van der Waals surface area contributed by atoms with Crippen molar-refractivity contribution in [3.05, 3.63) is 70.8 Å². The van der Waals surface area contributed by atoms with Gasteiger partial charge < -0.3 is 37.9 Å². The number of carbonyl (C=O) groups is 1. The van der Waals surface area contributed by atoms with Gasteiger partial charge in [0, 0.05) is 11.1 Å². The Kier molecular flexibility index (Phi) is 10.9. The standard InChI is InChI=1S/C32H36O9/c1-34-25-15-14-21(13-12-20-16-26(35-2)31(40-7)27(17-20)36-3)23(30(25)39-6)10-9-11-24(33)22-18-28(37-4)32(41-8)29(19-22)38-5/h9,11-19H,10H2,1-8H3/b11-9-,13-12-. The van der Waals surface area contributed by atoms with Crippen molar-refractivity contribution in [2.45, 2.75) is 6.42 Å². The van der Waals surface area contributed by atoms with Crippen LogP contribution in [0.5, 0.6) is 46.0 Å². The second-order valence-electron chi connectivity index (χ2n) is 8.55. The SMILES string of the molecule is COc1cc(/C=C\c2ccc(OC)c(OC)c2C/C=C\C(=O)c2cc(OC)c(OC)c(OC)c2)cc(OC)c1OC. The van der Waals surface area contributed by atoms with Crippen molar-refractivity contribution >= 4 is 17.9 Å². The van der Waals surface area contributed by atoms with E-state index in [9.17, 15) is 4.79 Å². The number of ether oxygens (including phenoxy) is 8. The Morgan fingerprint density at radius 2 is 1.07 bits per heavy atom. The summed E-state index contributed by atoms with van der Waals surface area (Å²) >= 11 is 0. The van der Waals surface area contributed by atoms with Crippen LogP contribution in [0.2, 0.25) is 0 Å². The third-order valence-electron chi connectivity index (χ3n) is 6.37. The molecule has 0 fully saturated rings. The van der Waals surface area contributed by atoms with Crippen molar-refractivity contribution in [2.75, 3.05) is 56.9 Å². The van der Waals surface area contributed by atoms with Gasteiger partial charge in [-0.2, -0.15) is 0 Å². The van der Waals surface area contributed by atoms with Crippen molar-refractivity contribution < 1.29 is 42.7 Å². The van der Waals surface area contributed by atoms with Crippen LogP contribution in [0, 0.1) is 0 Å². The van der Waals surface area contributed by atoms with Gasteiger partial charge in [0.05, 0.1) is 56.9 Å². The van der Waals surface area contributed by atoms with Gasteiger partial charge >= 0.3 is 0 Å². The van der Waals surface area contributed by atoms with Crippen LogP contribution in [0.4, 0.5) is 0 Å². The molecule has 0 saturated heterocycles. The lowest BCUT2D eigenvalue weighted by atomic mass is 10.00. The average molecular weight is 565 g/mol. The fourth-order valence-electron chi connectivity index (χ4n) is 4.36. The van der Waals surface area contributed by atoms with Crippen LogP contribution in [-0.2, 0) is 6.42 Å². The fourth-order valence-corrected chi connectivity index (χ4v) is 4.36. The van der Waals surface area contributed by atoms with Gasteiger partial charge in [-0.1, -0.05) is 24.3 Å². The Bertz CT molecular complexity index is 1370. The first-order chi connectivity index (χ1) is 19.9. The molecule has 3 aromatic rings. The van der Waals surface area contributed by atoms with Gasteiger partial charge in [0.1, 0.15) is 0 Å². The molecule has 0 bridgehead atoms. The van der Waals surface area contributed by atoms with Gasteiger partial charge in [-0.3, -0.25) is 4.79 Å². The molecule has 3 aromatic carbocycles. The summed E-state index contributed by atoms with van der Waals surface area (Å²) < 4.78 is 43.7. The molecular weight excluding hydrogens is 528 g/mol. The molecule has 218 valence electrons. The van der Waals surface area contributed by atoms with Crippen molar-refractivity contribution in [3.8, 4) is 46.0 Å². The van der Waals surface area contributed by atoms with Gasteiger partial charge in [-0.05, 0) is 54.0 Å². The summed E-state index contributed by atoms with van der Waals surface area (Å²) in [5, 5.41) is 0. The summed E-state index contributed by atoms with van der Waals surface area (Å²) in [5.74, 6) is 3.76. The largest absolute Gasteiger partial charge is 0.493 e. The third-order valence-corrected chi connectivity index (χ3v) is 6.37. The first-order valence-corrected chi connectivity index (χ1v) is 12.6. The second kappa shape index (κ2) is 14.6. The van der Waals surface area contributed by atoms with E-state index in [1.165, 1.54) is 27.4 Å². The summed E-state index contributed by atoms with van der Waals surface area (Å²) in [5.41, 5.74) is 2.95. The number of allylic oxidation sites excluding steroid dienone is 2. The van der Waals surface area contributed by atoms with Crippen molar-refractivity contribution in [1.29, 1.82) is 0 Å². The summed E-state index contributed by atoms with van der Waals surface area (Å²) in [4.78, 5) is 13.1. The van der Waals surface area contributed by atoms with Crippen molar-refractivity contribution in [3.63, 3.8) is 0 Å². The second-order valence-corrected chi connectivity index (χ2v) is 8.55. The molecule has 3 rings (SSSR count). The highest BCUT2D eigenvalue weighted by atomic mass is 16.5. The van der Waals surface area contributed by atoms with Gasteiger partial charge in [-0.25, -0.2) is 0 Å². The van der Waals surface area contributed by atoms with E-state index < -0.39 is 0 Å². The summed E-state index contributed by atoms with van der Waals surface area (Å²) in [6.45, 7) is 0. The van der Waals surface area contributed by atoms with Crippen LogP contribution in [0.3, 0.4) is 0 Å². The number of carbonyl (C=O) groups excluding carboxylic acids is 1. The molecule has 0 amide bonds. The molecule has 0 heterocycles. The Balaban J connectivity index is 1.97. The molecule has 0 radical (unpaired) electrons. The predicted octanol–water partition coefficient (Wildman–Crippen LogP) is 5.91. The lowest BCUT2D eigenvalue weighted by Gasteiger charge is -2.15.